The van der Waals surface area contributed by atoms with E-state index < -0.39 is 0 Å². The molecule has 0 bridgehead atoms. The number of methoxy groups -OCH3 is 1. The third kappa shape index (κ3) is 3.54. The first-order valence-corrected chi connectivity index (χ1v) is 8.17. The number of nitrogens with one attached hydrogen (secondary N) is 1. The summed E-state index contributed by atoms with van der Waals surface area (Å²) in [6.07, 6.45) is 3.40. The van der Waals surface area contributed by atoms with Crippen molar-refractivity contribution in [1.82, 2.24) is 4.90 Å². The van der Waals surface area contributed by atoms with Crippen molar-refractivity contribution >= 4 is 11.6 Å². The maximum absolute atomic E-state index is 12.8. The number of hydrogen-bond donors (Lipinski definition) is 1. The van der Waals surface area contributed by atoms with Crippen molar-refractivity contribution in [1.29, 1.82) is 0 Å². The molecule has 1 aromatic carbocycles. The Labute approximate surface area is 133 Å². The average molecular weight is 304 g/mol. The van der Waals surface area contributed by atoms with Gasteiger partial charge in [0.1, 0.15) is 11.8 Å². The lowest BCUT2D eigenvalue weighted by Crippen LogP contribution is -2.52. The van der Waals surface area contributed by atoms with Gasteiger partial charge >= 0.3 is 0 Å². The largest absolute Gasteiger partial charge is 0.495 e. The van der Waals surface area contributed by atoms with Crippen LogP contribution in [-0.4, -0.2) is 36.0 Å². The van der Waals surface area contributed by atoms with Crippen molar-refractivity contribution in [2.75, 3.05) is 12.4 Å². The number of nitrogens with zero attached hydrogens (tertiary/aromatic N) is 1. The van der Waals surface area contributed by atoms with E-state index in [2.05, 4.69) is 19.2 Å². The molecular formula is C18H28N2O2. The van der Waals surface area contributed by atoms with E-state index in [1.165, 1.54) is 6.42 Å². The highest BCUT2D eigenvalue weighted by Crippen LogP contribution is 2.28. The number of hydrogen-bond acceptors (Lipinski definition) is 3. The second kappa shape index (κ2) is 7.03. The van der Waals surface area contributed by atoms with Crippen LogP contribution in [0.15, 0.2) is 18.2 Å². The number of likely N-dealkylation sites (tertiary alicyclic amines) is 1. The van der Waals surface area contributed by atoms with Gasteiger partial charge in [0.15, 0.2) is 0 Å². The highest BCUT2D eigenvalue weighted by Gasteiger charge is 2.31. The third-order valence-electron chi connectivity index (χ3n) is 4.55. The van der Waals surface area contributed by atoms with Crippen molar-refractivity contribution in [2.45, 2.75) is 65.1 Å². The van der Waals surface area contributed by atoms with Gasteiger partial charge in [-0.15, -0.1) is 0 Å². The lowest BCUT2D eigenvalue weighted by atomic mass is 9.96. The molecule has 0 saturated carbocycles. The van der Waals surface area contributed by atoms with Gasteiger partial charge in [0, 0.05) is 12.1 Å². The predicted octanol–water partition coefficient (Wildman–Crippen LogP) is 3.59. The van der Waals surface area contributed by atoms with Gasteiger partial charge in [-0.2, -0.15) is 0 Å². The van der Waals surface area contributed by atoms with Crippen LogP contribution < -0.4 is 10.1 Å². The number of carbonyl (C=O) groups excluding carboxylic acids is 1. The zero-order valence-corrected chi connectivity index (χ0v) is 14.3. The maximum Gasteiger partial charge on any atom is 0.245 e. The minimum absolute atomic E-state index is 0.170. The Balaban J connectivity index is 2.13. The SMILES string of the molecule is COc1ccc(C)cc1N[C@@H](C)C(=O)N1[C@H](C)CCC[C@@H]1C. The van der Waals surface area contributed by atoms with Crippen molar-refractivity contribution in [2.24, 2.45) is 0 Å². The highest BCUT2D eigenvalue weighted by atomic mass is 16.5. The van der Waals surface area contributed by atoms with E-state index in [4.69, 9.17) is 4.74 Å². The number of amides is 1. The second-order valence-corrected chi connectivity index (χ2v) is 6.44. The molecule has 0 aliphatic carbocycles. The van der Waals surface area contributed by atoms with Gasteiger partial charge in [0.2, 0.25) is 5.91 Å². The first kappa shape index (κ1) is 16.7. The maximum atomic E-state index is 12.8. The quantitative estimate of drug-likeness (QED) is 0.924. The van der Waals surface area contributed by atoms with E-state index in [0.29, 0.717) is 12.1 Å². The molecule has 22 heavy (non-hydrogen) atoms. The van der Waals surface area contributed by atoms with Crippen LogP contribution >= 0.6 is 0 Å². The summed E-state index contributed by atoms with van der Waals surface area (Å²) in [4.78, 5) is 14.9. The van der Waals surface area contributed by atoms with E-state index in [1.54, 1.807) is 7.11 Å². The number of anilines is 1. The zero-order chi connectivity index (χ0) is 16.3. The monoisotopic (exact) mass is 304 g/mol. The van der Waals surface area contributed by atoms with Gasteiger partial charge in [0.25, 0.3) is 0 Å². The van der Waals surface area contributed by atoms with Crippen molar-refractivity contribution in [3.05, 3.63) is 23.8 Å². The van der Waals surface area contributed by atoms with Crippen LogP contribution in [0.3, 0.4) is 0 Å². The number of rotatable bonds is 4. The van der Waals surface area contributed by atoms with Crippen molar-refractivity contribution < 1.29 is 9.53 Å². The molecule has 0 spiro atoms. The minimum Gasteiger partial charge on any atom is -0.495 e. The molecule has 4 heteroatoms. The van der Waals surface area contributed by atoms with E-state index in [0.717, 1.165) is 29.8 Å². The smallest absolute Gasteiger partial charge is 0.245 e. The number of aryl methyl sites for hydroxylation is 1. The van der Waals surface area contributed by atoms with E-state index >= 15 is 0 Å². The lowest BCUT2D eigenvalue weighted by Gasteiger charge is -2.40. The summed E-state index contributed by atoms with van der Waals surface area (Å²) in [5.41, 5.74) is 2.02. The minimum atomic E-state index is -0.265. The number of benzene rings is 1. The van der Waals surface area contributed by atoms with Gasteiger partial charge in [-0.1, -0.05) is 6.07 Å². The highest BCUT2D eigenvalue weighted by molar-refractivity contribution is 5.85. The van der Waals surface area contributed by atoms with Gasteiger partial charge < -0.3 is 15.0 Å². The van der Waals surface area contributed by atoms with E-state index in [1.807, 2.05) is 36.9 Å². The molecule has 0 aromatic heterocycles. The Bertz CT molecular complexity index is 520. The molecule has 1 aromatic rings. The van der Waals surface area contributed by atoms with Gasteiger partial charge in [-0.3, -0.25) is 4.79 Å². The molecule has 1 saturated heterocycles. The van der Waals surface area contributed by atoms with Gasteiger partial charge in [0.05, 0.1) is 12.8 Å². The molecule has 1 heterocycles. The topological polar surface area (TPSA) is 41.6 Å². The first-order valence-electron chi connectivity index (χ1n) is 8.17. The summed E-state index contributed by atoms with van der Waals surface area (Å²) in [6, 6.07) is 6.33. The van der Waals surface area contributed by atoms with Crippen LogP contribution in [0.2, 0.25) is 0 Å². The molecule has 0 unspecified atom stereocenters. The molecule has 1 amide bonds. The Morgan fingerprint density at radius 1 is 1.32 bits per heavy atom. The molecule has 0 radical (unpaired) electrons. The van der Waals surface area contributed by atoms with Crippen LogP contribution in [-0.2, 0) is 4.79 Å². The van der Waals surface area contributed by atoms with Crippen LogP contribution in [0.25, 0.3) is 0 Å². The van der Waals surface area contributed by atoms with Crippen LogP contribution in [0, 0.1) is 6.92 Å². The van der Waals surface area contributed by atoms with Crippen molar-refractivity contribution in [3.63, 3.8) is 0 Å². The fourth-order valence-electron chi connectivity index (χ4n) is 3.31. The normalized spacial score (nSPS) is 23.0. The number of piperidine rings is 1. The van der Waals surface area contributed by atoms with E-state index in [9.17, 15) is 4.79 Å². The fourth-order valence-corrected chi connectivity index (χ4v) is 3.31. The Kier molecular flexibility index (Phi) is 5.33. The summed E-state index contributed by atoms with van der Waals surface area (Å²) in [5.74, 6) is 0.938. The molecule has 4 nitrogen and oxygen atoms in total. The van der Waals surface area contributed by atoms with Crippen LogP contribution in [0.4, 0.5) is 5.69 Å². The number of carbonyl (C=O) groups is 1. The summed E-state index contributed by atoms with van der Waals surface area (Å²) < 4.78 is 5.38. The van der Waals surface area contributed by atoms with E-state index in [-0.39, 0.29) is 11.9 Å². The number of ether oxygens (including phenoxy) is 1. The predicted molar refractivity (Wildman–Crippen MR) is 90.4 cm³/mol. The Morgan fingerprint density at radius 3 is 2.55 bits per heavy atom. The van der Waals surface area contributed by atoms with Crippen LogP contribution in [0.5, 0.6) is 5.75 Å². The summed E-state index contributed by atoms with van der Waals surface area (Å²) in [7, 11) is 1.65. The second-order valence-electron chi connectivity index (χ2n) is 6.44. The Hall–Kier alpha value is -1.71. The van der Waals surface area contributed by atoms with Crippen LogP contribution in [0.1, 0.15) is 45.6 Å². The zero-order valence-electron chi connectivity index (χ0n) is 14.3. The molecular weight excluding hydrogens is 276 g/mol. The summed E-state index contributed by atoms with van der Waals surface area (Å²) in [5, 5.41) is 3.32. The van der Waals surface area contributed by atoms with Gasteiger partial charge in [-0.25, -0.2) is 0 Å². The molecule has 3 atom stereocenters. The summed E-state index contributed by atoms with van der Waals surface area (Å²) in [6.45, 7) is 8.26. The first-order chi connectivity index (χ1) is 10.4. The standard InChI is InChI=1S/C18H28N2O2/c1-12-9-10-17(22-5)16(11-12)19-15(4)18(21)20-13(2)7-6-8-14(20)3/h9-11,13-15,19H,6-8H2,1-5H3/t13-,14+,15-/m0/s1. The molecule has 1 aliphatic heterocycles. The molecule has 1 fully saturated rings. The average Bonchev–Trinajstić information content (AvgIpc) is 2.47. The van der Waals surface area contributed by atoms with Gasteiger partial charge in [-0.05, 0) is 64.7 Å². The molecule has 1 N–H and O–H groups in total. The van der Waals surface area contributed by atoms with Crippen molar-refractivity contribution in [3.8, 4) is 5.75 Å². The molecule has 1 aliphatic rings. The molecule has 122 valence electrons. The fraction of sp³-hybridized carbons (Fsp3) is 0.611. The summed E-state index contributed by atoms with van der Waals surface area (Å²) >= 11 is 0. The molecule has 2 rings (SSSR count). The Morgan fingerprint density at radius 2 is 1.95 bits per heavy atom. The third-order valence-corrected chi connectivity index (χ3v) is 4.55. The lowest BCUT2D eigenvalue weighted by molar-refractivity contribution is -0.137.